The van der Waals surface area contributed by atoms with Crippen LogP contribution < -0.4 is 10.6 Å². The van der Waals surface area contributed by atoms with Gasteiger partial charge in [-0.05, 0) is 67.1 Å². The molecule has 0 bridgehead atoms. The molecule has 1 aliphatic heterocycles. The predicted octanol–water partition coefficient (Wildman–Crippen LogP) is 4.30. The van der Waals surface area contributed by atoms with Crippen molar-refractivity contribution in [2.45, 2.75) is 53.0 Å². The van der Waals surface area contributed by atoms with E-state index in [1.54, 1.807) is 11.0 Å². The first kappa shape index (κ1) is 29.4. The topological polar surface area (TPSA) is 81.8 Å². The minimum absolute atomic E-state index is 0.0621. The normalized spacial score (nSPS) is 14.5. The second-order valence-electron chi connectivity index (χ2n) is 11.2. The molecule has 0 aliphatic carbocycles. The van der Waals surface area contributed by atoms with E-state index in [4.69, 9.17) is 0 Å². The Morgan fingerprint density at radius 3 is 2.16 bits per heavy atom. The minimum atomic E-state index is -0.208. The lowest BCUT2D eigenvalue weighted by Gasteiger charge is -2.32. The Morgan fingerprint density at radius 2 is 1.50 bits per heavy atom. The van der Waals surface area contributed by atoms with Gasteiger partial charge in [-0.3, -0.25) is 14.4 Å². The largest absolute Gasteiger partial charge is 0.352 e. The highest BCUT2D eigenvalue weighted by Crippen LogP contribution is 2.25. The van der Waals surface area contributed by atoms with Gasteiger partial charge in [0.2, 0.25) is 5.91 Å². The van der Waals surface area contributed by atoms with Crippen molar-refractivity contribution in [1.29, 1.82) is 0 Å². The molecule has 1 heterocycles. The number of hydrogen-bond donors (Lipinski definition) is 2. The SMILES string of the molecule is CC(C)CNC(=O)c1cccc(C(CN2CCCC2)N(C)C(=O)Cc2ccccc2C(=O)NCC(C)C)c1. The number of rotatable bonds is 12. The van der Waals surface area contributed by atoms with Crippen LogP contribution in [0.2, 0.25) is 0 Å². The third-order valence-electron chi connectivity index (χ3n) is 6.97. The van der Waals surface area contributed by atoms with Crippen LogP contribution in [0.25, 0.3) is 0 Å². The van der Waals surface area contributed by atoms with Crippen molar-refractivity contribution in [3.63, 3.8) is 0 Å². The number of carbonyl (C=O) groups is 3. The van der Waals surface area contributed by atoms with Crippen molar-refractivity contribution in [2.75, 3.05) is 39.8 Å². The number of amides is 3. The summed E-state index contributed by atoms with van der Waals surface area (Å²) in [4.78, 5) is 43.4. The molecule has 1 unspecified atom stereocenters. The van der Waals surface area contributed by atoms with Crippen molar-refractivity contribution >= 4 is 17.7 Å². The lowest BCUT2D eigenvalue weighted by Crippen LogP contribution is -2.39. The fourth-order valence-corrected chi connectivity index (χ4v) is 4.70. The Hall–Kier alpha value is -3.19. The maximum absolute atomic E-state index is 13.6. The number of hydrogen-bond acceptors (Lipinski definition) is 4. The first-order chi connectivity index (χ1) is 18.2. The molecule has 2 N–H and O–H groups in total. The van der Waals surface area contributed by atoms with E-state index < -0.39 is 0 Å². The van der Waals surface area contributed by atoms with E-state index in [0.29, 0.717) is 48.2 Å². The van der Waals surface area contributed by atoms with Crippen molar-refractivity contribution < 1.29 is 14.4 Å². The van der Waals surface area contributed by atoms with E-state index >= 15 is 0 Å². The van der Waals surface area contributed by atoms with E-state index in [1.807, 2.05) is 63.4 Å². The van der Waals surface area contributed by atoms with Gasteiger partial charge in [0.25, 0.3) is 11.8 Å². The van der Waals surface area contributed by atoms with Gasteiger partial charge in [0, 0.05) is 37.8 Å². The summed E-state index contributed by atoms with van der Waals surface area (Å²) in [5.74, 6) is 0.389. The van der Waals surface area contributed by atoms with Crippen LogP contribution >= 0.6 is 0 Å². The summed E-state index contributed by atoms with van der Waals surface area (Å²) < 4.78 is 0. The van der Waals surface area contributed by atoms with Crippen molar-refractivity contribution in [3.05, 3.63) is 70.8 Å². The van der Waals surface area contributed by atoms with E-state index in [9.17, 15) is 14.4 Å². The zero-order valence-electron chi connectivity index (χ0n) is 23.6. The molecule has 0 radical (unpaired) electrons. The summed E-state index contributed by atoms with van der Waals surface area (Å²) in [5.41, 5.74) is 2.79. The number of benzene rings is 2. The molecule has 3 rings (SSSR count). The molecule has 2 aromatic rings. The number of nitrogens with zero attached hydrogens (tertiary/aromatic N) is 2. The smallest absolute Gasteiger partial charge is 0.251 e. The van der Waals surface area contributed by atoms with E-state index in [2.05, 4.69) is 29.4 Å². The van der Waals surface area contributed by atoms with E-state index in [-0.39, 0.29) is 30.2 Å². The number of likely N-dealkylation sites (N-methyl/N-ethyl adjacent to an activating group) is 1. The van der Waals surface area contributed by atoms with Crippen molar-refractivity contribution in [3.8, 4) is 0 Å². The van der Waals surface area contributed by atoms with Gasteiger partial charge >= 0.3 is 0 Å². The van der Waals surface area contributed by atoms with E-state index in [0.717, 1.165) is 31.5 Å². The first-order valence-corrected chi connectivity index (χ1v) is 13.9. The van der Waals surface area contributed by atoms with Crippen LogP contribution in [0.4, 0.5) is 0 Å². The quantitative estimate of drug-likeness (QED) is 0.437. The molecule has 0 saturated carbocycles. The van der Waals surface area contributed by atoms with Crippen LogP contribution in [0, 0.1) is 11.8 Å². The van der Waals surface area contributed by atoms with Gasteiger partial charge in [0.15, 0.2) is 0 Å². The molecule has 1 fully saturated rings. The highest BCUT2D eigenvalue weighted by Gasteiger charge is 2.27. The Bertz CT molecular complexity index is 1090. The summed E-state index contributed by atoms with van der Waals surface area (Å²) in [5, 5.41) is 5.95. The standard InChI is InChI=1S/C31H44N4O3/c1-22(2)19-32-30(37)26-13-10-12-25(17-26)28(21-35-15-8-9-16-35)34(5)29(36)18-24-11-6-7-14-27(24)31(38)33-20-23(3)4/h6-7,10-14,17,22-23,28H,8-9,15-16,18-21H2,1-5H3,(H,32,37)(H,33,38). The van der Waals surface area contributed by atoms with Gasteiger partial charge in [-0.15, -0.1) is 0 Å². The molecule has 7 nitrogen and oxygen atoms in total. The number of carbonyl (C=O) groups excluding carboxylic acids is 3. The molecule has 2 aromatic carbocycles. The maximum atomic E-state index is 13.6. The van der Waals surface area contributed by atoms with Gasteiger partial charge in [-0.25, -0.2) is 0 Å². The third-order valence-corrected chi connectivity index (χ3v) is 6.97. The zero-order valence-corrected chi connectivity index (χ0v) is 23.6. The van der Waals surface area contributed by atoms with Crippen LogP contribution in [-0.4, -0.2) is 67.3 Å². The third kappa shape index (κ3) is 8.42. The zero-order chi connectivity index (χ0) is 27.7. The number of nitrogens with one attached hydrogen (secondary N) is 2. The lowest BCUT2D eigenvalue weighted by molar-refractivity contribution is -0.131. The molecule has 1 aliphatic rings. The van der Waals surface area contributed by atoms with Gasteiger partial charge in [-0.1, -0.05) is 58.0 Å². The average Bonchev–Trinajstić information content (AvgIpc) is 3.42. The molecule has 1 atom stereocenters. The average molecular weight is 521 g/mol. The van der Waals surface area contributed by atoms with Gasteiger partial charge in [-0.2, -0.15) is 0 Å². The van der Waals surface area contributed by atoms with E-state index in [1.165, 1.54) is 0 Å². The first-order valence-electron chi connectivity index (χ1n) is 13.9. The lowest BCUT2D eigenvalue weighted by atomic mass is 9.99. The Morgan fingerprint density at radius 1 is 0.868 bits per heavy atom. The number of likely N-dealkylation sites (tertiary alicyclic amines) is 1. The summed E-state index contributed by atoms with van der Waals surface area (Å²) in [7, 11) is 1.83. The summed E-state index contributed by atoms with van der Waals surface area (Å²) in [6.07, 6.45) is 2.44. The molecular formula is C31H44N4O3. The van der Waals surface area contributed by atoms with Crippen LogP contribution in [0.1, 0.15) is 78.4 Å². The monoisotopic (exact) mass is 520 g/mol. The Kier molecular flexibility index (Phi) is 10.9. The summed E-state index contributed by atoms with van der Waals surface area (Å²) >= 11 is 0. The van der Waals surface area contributed by atoms with Crippen LogP contribution in [0.3, 0.4) is 0 Å². The molecule has 206 valence electrons. The second-order valence-corrected chi connectivity index (χ2v) is 11.2. The summed E-state index contributed by atoms with van der Waals surface area (Å²) in [6.45, 7) is 12.1. The Labute approximate surface area is 228 Å². The van der Waals surface area contributed by atoms with Crippen LogP contribution in [0.5, 0.6) is 0 Å². The van der Waals surface area contributed by atoms with Crippen LogP contribution in [0.15, 0.2) is 48.5 Å². The molecule has 0 aromatic heterocycles. The molecule has 3 amide bonds. The molecule has 1 saturated heterocycles. The molecule has 7 heteroatoms. The predicted molar refractivity (Wildman–Crippen MR) is 152 cm³/mol. The highest BCUT2D eigenvalue weighted by molar-refractivity contribution is 5.97. The van der Waals surface area contributed by atoms with Crippen molar-refractivity contribution in [2.24, 2.45) is 11.8 Å². The van der Waals surface area contributed by atoms with Gasteiger partial charge < -0.3 is 20.4 Å². The minimum Gasteiger partial charge on any atom is -0.352 e. The summed E-state index contributed by atoms with van der Waals surface area (Å²) in [6, 6.07) is 14.7. The fourth-order valence-electron chi connectivity index (χ4n) is 4.70. The van der Waals surface area contributed by atoms with Gasteiger partial charge in [0.05, 0.1) is 12.5 Å². The Balaban J connectivity index is 1.82. The molecule has 0 spiro atoms. The second kappa shape index (κ2) is 14.1. The van der Waals surface area contributed by atoms with Gasteiger partial charge in [0.1, 0.15) is 0 Å². The maximum Gasteiger partial charge on any atom is 0.251 e. The fraction of sp³-hybridized carbons (Fsp3) is 0.516. The highest BCUT2D eigenvalue weighted by atomic mass is 16.2. The molecular weight excluding hydrogens is 476 g/mol. The molecule has 38 heavy (non-hydrogen) atoms. The van der Waals surface area contributed by atoms with Crippen molar-refractivity contribution in [1.82, 2.24) is 20.4 Å². The van der Waals surface area contributed by atoms with Crippen LogP contribution in [-0.2, 0) is 11.2 Å².